The second-order valence-electron chi connectivity index (χ2n) is 7.85. The lowest BCUT2D eigenvalue weighted by Crippen LogP contribution is -2.38. The third kappa shape index (κ3) is 4.32. The first-order valence-corrected chi connectivity index (χ1v) is 11.6. The van der Waals surface area contributed by atoms with Crippen LogP contribution in [0.25, 0.3) is 11.0 Å². The van der Waals surface area contributed by atoms with Crippen LogP contribution in [0.2, 0.25) is 5.02 Å². The highest BCUT2D eigenvalue weighted by molar-refractivity contribution is 8.00. The molecule has 0 unspecified atom stereocenters. The van der Waals surface area contributed by atoms with Gasteiger partial charge in [-0.3, -0.25) is 18.7 Å². The van der Waals surface area contributed by atoms with Gasteiger partial charge in [-0.1, -0.05) is 42.6 Å². The molecule has 0 saturated heterocycles. The lowest BCUT2D eigenvalue weighted by atomic mass is 9.89. The van der Waals surface area contributed by atoms with E-state index >= 15 is 0 Å². The Hall–Kier alpha value is -2.45. The molecule has 0 spiro atoms. The number of Topliss-reactive ketones (excluding diaryl/α,β-unsaturated/α-hetero) is 1. The van der Waals surface area contributed by atoms with E-state index in [4.69, 9.17) is 16.6 Å². The molecule has 2 heterocycles. The number of aryl methyl sites for hydroxylation is 1. The maximum absolute atomic E-state index is 12.9. The van der Waals surface area contributed by atoms with Gasteiger partial charge in [0.25, 0.3) is 5.56 Å². The fraction of sp³-hybridized carbons (Fsp3) is 0.409. The highest BCUT2D eigenvalue weighted by Crippen LogP contribution is 2.33. The molecule has 1 aromatic carbocycles. The summed E-state index contributed by atoms with van der Waals surface area (Å²) in [5.74, 6) is 0.874. The molecule has 2 aromatic heterocycles. The average Bonchev–Trinajstić information content (AvgIpc) is 2.80. The van der Waals surface area contributed by atoms with E-state index in [0.29, 0.717) is 27.1 Å². The number of thioether (sulfide) groups is 1. The third-order valence-corrected chi connectivity index (χ3v) is 6.99. The Labute approximate surface area is 188 Å². The Bertz CT molecular complexity index is 1260. The van der Waals surface area contributed by atoms with E-state index in [1.54, 1.807) is 31.3 Å². The van der Waals surface area contributed by atoms with Gasteiger partial charge in [-0.05, 0) is 37.1 Å². The summed E-state index contributed by atoms with van der Waals surface area (Å²) >= 11 is 7.12. The topological polar surface area (TPSA) is 86.8 Å². The number of benzene rings is 1. The molecule has 1 saturated carbocycles. The molecule has 9 heteroatoms. The van der Waals surface area contributed by atoms with Gasteiger partial charge in [0.05, 0.1) is 5.75 Å². The maximum Gasteiger partial charge on any atom is 0.332 e. The fourth-order valence-corrected chi connectivity index (χ4v) is 4.99. The van der Waals surface area contributed by atoms with E-state index in [1.807, 2.05) is 0 Å². The Morgan fingerprint density at radius 3 is 2.42 bits per heavy atom. The van der Waals surface area contributed by atoms with Crippen molar-refractivity contribution in [1.82, 2.24) is 19.1 Å². The summed E-state index contributed by atoms with van der Waals surface area (Å²) < 4.78 is 2.44. The van der Waals surface area contributed by atoms with E-state index in [1.165, 1.54) is 29.8 Å². The standard InChI is InChI=1S/C22H23ClN4O3S/c1-26-19-17(21(29)27(2)22(26)30)20(25-18(24-19)14-6-4-3-5-7-14)31-12-16(28)13-8-10-15(23)11-9-13/h8-11,14H,3-7,12H2,1-2H3. The number of ketones is 1. The molecule has 0 atom stereocenters. The largest absolute Gasteiger partial charge is 0.332 e. The normalized spacial score (nSPS) is 14.8. The molecule has 3 aromatic rings. The average molecular weight is 459 g/mol. The van der Waals surface area contributed by atoms with Gasteiger partial charge in [0.15, 0.2) is 11.4 Å². The number of hydrogen-bond acceptors (Lipinski definition) is 6. The van der Waals surface area contributed by atoms with Gasteiger partial charge in [-0.25, -0.2) is 14.8 Å². The molecule has 1 fully saturated rings. The number of rotatable bonds is 5. The summed E-state index contributed by atoms with van der Waals surface area (Å²) in [4.78, 5) is 47.4. The molecule has 4 rings (SSSR count). The number of hydrogen-bond donors (Lipinski definition) is 0. The van der Waals surface area contributed by atoms with E-state index < -0.39 is 11.2 Å². The van der Waals surface area contributed by atoms with Crippen molar-refractivity contribution < 1.29 is 4.79 Å². The van der Waals surface area contributed by atoms with E-state index in [-0.39, 0.29) is 22.8 Å². The summed E-state index contributed by atoms with van der Waals surface area (Å²) in [7, 11) is 3.04. The van der Waals surface area contributed by atoms with Crippen LogP contribution in [0, 0.1) is 0 Å². The van der Waals surface area contributed by atoms with Crippen molar-refractivity contribution in [3.63, 3.8) is 0 Å². The molecule has 1 aliphatic carbocycles. The predicted octanol–water partition coefficient (Wildman–Crippen LogP) is 3.70. The smallest absolute Gasteiger partial charge is 0.293 e. The van der Waals surface area contributed by atoms with Gasteiger partial charge >= 0.3 is 5.69 Å². The summed E-state index contributed by atoms with van der Waals surface area (Å²) in [5.41, 5.74) is -0.0121. The molecule has 0 radical (unpaired) electrons. The van der Waals surface area contributed by atoms with Crippen molar-refractivity contribution in [2.45, 2.75) is 43.0 Å². The van der Waals surface area contributed by atoms with Gasteiger partial charge in [0.2, 0.25) is 0 Å². The van der Waals surface area contributed by atoms with Crippen molar-refractivity contribution in [1.29, 1.82) is 0 Å². The second-order valence-corrected chi connectivity index (χ2v) is 9.25. The van der Waals surface area contributed by atoms with Crippen molar-refractivity contribution >= 4 is 40.2 Å². The van der Waals surface area contributed by atoms with Gasteiger partial charge in [-0.15, -0.1) is 0 Å². The van der Waals surface area contributed by atoms with Crippen LogP contribution in [0.3, 0.4) is 0 Å². The molecule has 0 aliphatic heterocycles. The molecular formula is C22H23ClN4O3S. The van der Waals surface area contributed by atoms with Crippen LogP contribution < -0.4 is 11.2 Å². The van der Waals surface area contributed by atoms with E-state index in [9.17, 15) is 14.4 Å². The van der Waals surface area contributed by atoms with Crippen LogP contribution in [0.5, 0.6) is 0 Å². The number of nitrogens with zero attached hydrogens (tertiary/aromatic N) is 4. The Morgan fingerprint density at radius 1 is 1.06 bits per heavy atom. The highest BCUT2D eigenvalue weighted by Gasteiger charge is 2.23. The highest BCUT2D eigenvalue weighted by atomic mass is 35.5. The number of fused-ring (bicyclic) bond motifs is 1. The minimum absolute atomic E-state index is 0.0886. The van der Waals surface area contributed by atoms with Crippen molar-refractivity contribution in [2.75, 3.05) is 5.75 Å². The molecule has 0 amide bonds. The quantitative estimate of drug-likeness (QED) is 0.329. The van der Waals surface area contributed by atoms with Crippen LogP contribution in [0.15, 0.2) is 38.9 Å². The van der Waals surface area contributed by atoms with Crippen LogP contribution in [-0.2, 0) is 14.1 Å². The van der Waals surface area contributed by atoms with E-state index in [0.717, 1.165) is 30.3 Å². The zero-order valence-corrected chi connectivity index (χ0v) is 19.0. The molecule has 162 valence electrons. The molecule has 0 N–H and O–H groups in total. The predicted molar refractivity (Wildman–Crippen MR) is 122 cm³/mol. The number of halogens is 1. The minimum atomic E-state index is -0.449. The molecular weight excluding hydrogens is 436 g/mol. The molecule has 7 nitrogen and oxygen atoms in total. The van der Waals surface area contributed by atoms with Crippen molar-refractivity contribution in [3.05, 3.63) is 61.5 Å². The molecule has 0 bridgehead atoms. The first-order valence-electron chi connectivity index (χ1n) is 10.3. The lowest BCUT2D eigenvalue weighted by Gasteiger charge is -2.21. The lowest BCUT2D eigenvalue weighted by molar-refractivity contribution is 0.102. The van der Waals surface area contributed by atoms with Gasteiger partial charge in [0, 0.05) is 30.6 Å². The Balaban J connectivity index is 1.77. The zero-order valence-electron chi connectivity index (χ0n) is 17.4. The Kier molecular flexibility index (Phi) is 6.29. The van der Waals surface area contributed by atoms with Crippen LogP contribution in [-0.4, -0.2) is 30.6 Å². The third-order valence-electron chi connectivity index (χ3n) is 5.76. The zero-order chi connectivity index (χ0) is 22.1. The summed E-state index contributed by atoms with van der Waals surface area (Å²) in [5, 5.41) is 1.29. The fourth-order valence-electron chi connectivity index (χ4n) is 3.95. The van der Waals surface area contributed by atoms with E-state index in [2.05, 4.69) is 4.98 Å². The second kappa shape index (κ2) is 8.96. The molecule has 31 heavy (non-hydrogen) atoms. The summed E-state index contributed by atoms with van der Waals surface area (Å²) in [6, 6.07) is 6.71. The monoisotopic (exact) mass is 458 g/mol. The maximum atomic E-state index is 12.9. The number of carbonyl (C=O) groups excluding carboxylic acids is 1. The Morgan fingerprint density at radius 2 is 1.74 bits per heavy atom. The van der Waals surface area contributed by atoms with Gasteiger partial charge in [0.1, 0.15) is 16.2 Å². The number of carbonyl (C=O) groups is 1. The van der Waals surface area contributed by atoms with Crippen molar-refractivity contribution in [2.24, 2.45) is 14.1 Å². The van der Waals surface area contributed by atoms with Crippen LogP contribution >= 0.6 is 23.4 Å². The van der Waals surface area contributed by atoms with Gasteiger partial charge in [-0.2, -0.15) is 0 Å². The summed E-state index contributed by atoms with van der Waals surface area (Å²) in [6.45, 7) is 0. The SMILES string of the molecule is Cn1c(=O)c2c(SCC(=O)c3ccc(Cl)cc3)nc(C3CCCCC3)nc2n(C)c1=O. The van der Waals surface area contributed by atoms with Gasteiger partial charge < -0.3 is 0 Å². The van der Waals surface area contributed by atoms with Crippen molar-refractivity contribution in [3.8, 4) is 0 Å². The first-order chi connectivity index (χ1) is 14.9. The summed E-state index contributed by atoms with van der Waals surface area (Å²) in [6.07, 6.45) is 5.38. The van der Waals surface area contributed by atoms with Crippen LogP contribution in [0.4, 0.5) is 0 Å². The number of aromatic nitrogens is 4. The van der Waals surface area contributed by atoms with Crippen LogP contribution in [0.1, 0.15) is 54.2 Å². The molecule has 1 aliphatic rings. The first kappa shape index (κ1) is 21.8. The minimum Gasteiger partial charge on any atom is -0.293 e.